The molecule has 0 N–H and O–H groups in total. The summed E-state index contributed by atoms with van der Waals surface area (Å²) in [5.74, 6) is -2.04. The monoisotopic (exact) mass is 410 g/mol. The number of nitrogens with zero attached hydrogens (tertiary/aromatic N) is 2. The Morgan fingerprint density at radius 1 is 1.07 bits per heavy atom. The molecule has 29 heavy (non-hydrogen) atoms. The SMILES string of the molecule is CC(=O)OC[C@H]1O[C@H](c2cn(C)c(=O)n(C)c2=O)C=C(OC(C)=O)[C@@H]1OC(C)=O. The van der Waals surface area contributed by atoms with Gasteiger partial charge in [0.1, 0.15) is 24.6 Å². The summed E-state index contributed by atoms with van der Waals surface area (Å²) >= 11 is 0. The summed E-state index contributed by atoms with van der Waals surface area (Å²) in [5, 5.41) is 0. The molecule has 1 aromatic rings. The van der Waals surface area contributed by atoms with E-state index in [0.717, 1.165) is 18.4 Å². The zero-order valence-corrected chi connectivity index (χ0v) is 16.7. The van der Waals surface area contributed by atoms with Crippen LogP contribution in [0.3, 0.4) is 0 Å². The summed E-state index contributed by atoms with van der Waals surface area (Å²) in [6.07, 6.45) is -0.688. The van der Waals surface area contributed by atoms with Crippen molar-refractivity contribution in [3.63, 3.8) is 0 Å². The summed E-state index contributed by atoms with van der Waals surface area (Å²) in [5.41, 5.74) is -1.07. The fourth-order valence-corrected chi connectivity index (χ4v) is 2.82. The zero-order chi connectivity index (χ0) is 21.9. The number of aryl methyl sites for hydroxylation is 1. The molecule has 0 aromatic carbocycles. The van der Waals surface area contributed by atoms with E-state index in [2.05, 4.69) is 0 Å². The fraction of sp³-hybridized carbons (Fsp3) is 0.500. The van der Waals surface area contributed by atoms with Crippen LogP contribution in [0, 0.1) is 0 Å². The summed E-state index contributed by atoms with van der Waals surface area (Å²) < 4.78 is 23.2. The first-order valence-electron chi connectivity index (χ1n) is 8.64. The molecule has 0 spiro atoms. The van der Waals surface area contributed by atoms with Crippen LogP contribution in [0.25, 0.3) is 0 Å². The molecule has 0 saturated heterocycles. The second kappa shape index (κ2) is 8.86. The van der Waals surface area contributed by atoms with E-state index >= 15 is 0 Å². The third kappa shape index (κ3) is 5.19. The maximum absolute atomic E-state index is 12.6. The molecule has 2 rings (SSSR count). The first kappa shape index (κ1) is 22.1. The van der Waals surface area contributed by atoms with Gasteiger partial charge in [0.05, 0.1) is 5.56 Å². The first-order valence-corrected chi connectivity index (χ1v) is 8.64. The topological polar surface area (TPSA) is 132 Å². The Bertz CT molecular complexity index is 973. The highest BCUT2D eigenvalue weighted by molar-refractivity contribution is 5.69. The molecule has 1 aromatic heterocycles. The normalized spacial score (nSPS) is 21.1. The first-order chi connectivity index (χ1) is 13.5. The zero-order valence-electron chi connectivity index (χ0n) is 16.7. The van der Waals surface area contributed by atoms with Gasteiger partial charge in [0.2, 0.25) is 0 Å². The minimum Gasteiger partial charge on any atom is -0.463 e. The Labute approximate surface area is 165 Å². The van der Waals surface area contributed by atoms with Crippen LogP contribution in [-0.4, -0.2) is 45.9 Å². The van der Waals surface area contributed by atoms with E-state index in [4.69, 9.17) is 18.9 Å². The van der Waals surface area contributed by atoms with E-state index in [0.29, 0.717) is 0 Å². The van der Waals surface area contributed by atoms with E-state index in [1.165, 1.54) is 37.9 Å². The largest absolute Gasteiger partial charge is 0.463 e. The number of carbonyl (C=O) groups is 3. The average Bonchev–Trinajstić information content (AvgIpc) is 2.62. The molecule has 0 unspecified atom stereocenters. The van der Waals surface area contributed by atoms with E-state index in [-0.39, 0.29) is 17.9 Å². The molecule has 1 aliphatic rings. The predicted molar refractivity (Wildman–Crippen MR) is 96.6 cm³/mol. The van der Waals surface area contributed by atoms with Crippen LogP contribution in [0.2, 0.25) is 0 Å². The summed E-state index contributed by atoms with van der Waals surface area (Å²) in [7, 11) is 2.77. The molecule has 2 heterocycles. The van der Waals surface area contributed by atoms with Gasteiger partial charge in [0, 0.05) is 41.1 Å². The molecule has 0 amide bonds. The highest BCUT2D eigenvalue weighted by atomic mass is 16.6. The lowest BCUT2D eigenvalue weighted by Crippen LogP contribution is -2.45. The van der Waals surface area contributed by atoms with Gasteiger partial charge in [0.25, 0.3) is 5.56 Å². The molecule has 0 bridgehead atoms. The molecule has 158 valence electrons. The van der Waals surface area contributed by atoms with Crippen LogP contribution in [0.5, 0.6) is 0 Å². The molecule has 0 radical (unpaired) electrons. The average molecular weight is 410 g/mol. The van der Waals surface area contributed by atoms with Crippen molar-refractivity contribution < 1.29 is 33.3 Å². The van der Waals surface area contributed by atoms with Crippen molar-refractivity contribution in [3.8, 4) is 0 Å². The molecule has 0 saturated carbocycles. The summed E-state index contributed by atoms with van der Waals surface area (Å²) in [6, 6.07) is 0. The van der Waals surface area contributed by atoms with Gasteiger partial charge in [-0.05, 0) is 6.08 Å². The van der Waals surface area contributed by atoms with Crippen molar-refractivity contribution in [2.24, 2.45) is 14.1 Å². The molecule has 1 aliphatic heterocycles. The van der Waals surface area contributed by atoms with Crippen LogP contribution < -0.4 is 11.2 Å². The standard InChI is InChI=1S/C18H22N2O9/c1-9(21)26-8-15-16(28-11(3)23)14(27-10(2)22)6-13(29-15)12-7-19(4)18(25)20(5)17(12)24/h6-7,13,15-16H,8H2,1-5H3/t13-,15+,16-/m0/s1. The highest BCUT2D eigenvalue weighted by Crippen LogP contribution is 2.31. The molecular formula is C18H22N2O9. The molecular weight excluding hydrogens is 388 g/mol. The van der Waals surface area contributed by atoms with Crippen molar-refractivity contribution >= 4 is 17.9 Å². The van der Waals surface area contributed by atoms with Gasteiger partial charge in [-0.15, -0.1) is 0 Å². The number of ether oxygens (including phenoxy) is 4. The fourth-order valence-electron chi connectivity index (χ4n) is 2.82. The lowest BCUT2D eigenvalue weighted by atomic mass is 10.0. The van der Waals surface area contributed by atoms with E-state index in [1.54, 1.807) is 0 Å². The lowest BCUT2D eigenvalue weighted by molar-refractivity contribution is -0.173. The van der Waals surface area contributed by atoms with Crippen LogP contribution >= 0.6 is 0 Å². The number of hydrogen-bond acceptors (Lipinski definition) is 9. The maximum atomic E-state index is 12.6. The Balaban J connectivity index is 2.57. The van der Waals surface area contributed by atoms with Gasteiger partial charge < -0.3 is 23.5 Å². The van der Waals surface area contributed by atoms with Crippen molar-refractivity contribution in [1.82, 2.24) is 9.13 Å². The number of carbonyl (C=O) groups excluding carboxylic acids is 3. The Morgan fingerprint density at radius 2 is 1.72 bits per heavy atom. The van der Waals surface area contributed by atoms with Gasteiger partial charge >= 0.3 is 23.6 Å². The van der Waals surface area contributed by atoms with E-state index in [9.17, 15) is 24.0 Å². The third-order valence-corrected chi connectivity index (χ3v) is 4.04. The van der Waals surface area contributed by atoms with Gasteiger partial charge in [-0.2, -0.15) is 0 Å². The van der Waals surface area contributed by atoms with Crippen molar-refractivity contribution in [1.29, 1.82) is 0 Å². The molecule has 11 nitrogen and oxygen atoms in total. The Hall–Kier alpha value is -3.21. The number of hydrogen-bond donors (Lipinski definition) is 0. The quantitative estimate of drug-likeness (QED) is 0.464. The van der Waals surface area contributed by atoms with E-state index in [1.807, 2.05) is 0 Å². The minimum atomic E-state index is -1.18. The summed E-state index contributed by atoms with van der Waals surface area (Å²) in [6.45, 7) is 3.17. The number of aromatic nitrogens is 2. The molecule has 0 aliphatic carbocycles. The third-order valence-electron chi connectivity index (χ3n) is 4.04. The number of esters is 3. The van der Waals surface area contributed by atoms with Crippen LogP contribution in [-0.2, 0) is 47.4 Å². The van der Waals surface area contributed by atoms with Crippen LogP contribution in [0.1, 0.15) is 32.4 Å². The van der Waals surface area contributed by atoms with E-state index < -0.39 is 47.5 Å². The maximum Gasteiger partial charge on any atom is 0.330 e. The summed E-state index contributed by atoms with van der Waals surface area (Å²) in [4.78, 5) is 58.8. The Morgan fingerprint density at radius 3 is 2.28 bits per heavy atom. The molecule has 0 fully saturated rings. The van der Waals surface area contributed by atoms with Crippen LogP contribution in [0.15, 0.2) is 27.6 Å². The number of rotatable bonds is 5. The van der Waals surface area contributed by atoms with Crippen molar-refractivity contribution in [2.75, 3.05) is 6.61 Å². The van der Waals surface area contributed by atoms with Gasteiger partial charge in [-0.25, -0.2) is 4.79 Å². The highest BCUT2D eigenvalue weighted by Gasteiger charge is 2.39. The van der Waals surface area contributed by atoms with Crippen molar-refractivity contribution in [3.05, 3.63) is 44.4 Å². The van der Waals surface area contributed by atoms with Gasteiger partial charge in [-0.3, -0.25) is 23.7 Å². The second-order valence-corrected chi connectivity index (χ2v) is 6.43. The molecule has 11 heteroatoms. The van der Waals surface area contributed by atoms with Crippen molar-refractivity contribution in [2.45, 2.75) is 39.1 Å². The second-order valence-electron chi connectivity index (χ2n) is 6.43. The van der Waals surface area contributed by atoms with Gasteiger partial charge in [0.15, 0.2) is 6.10 Å². The lowest BCUT2D eigenvalue weighted by Gasteiger charge is -2.34. The Kier molecular flexibility index (Phi) is 6.75. The minimum absolute atomic E-state index is 0.0722. The van der Waals surface area contributed by atoms with Gasteiger partial charge in [-0.1, -0.05) is 0 Å². The van der Waals surface area contributed by atoms with Crippen LogP contribution in [0.4, 0.5) is 0 Å². The molecule has 3 atom stereocenters. The smallest absolute Gasteiger partial charge is 0.330 e. The predicted octanol–water partition coefficient (Wildman–Crippen LogP) is -0.534.